The summed E-state index contributed by atoms with van der Waals surface area (Å²) in [5.41, 5.74) is 0.179. The number of rotatable bonds is 3. The molecular formula is C18H18ClN5O3. The first-order valence-corrected chi connectivity index (χ1v) is 9.15. The average molecular weight is 388 g/mol. The Hall–Kier alpha value is -2.87. The highest BCUT2D eigenvalue weighted by Gasteiger charge is 2.35. The smallest absolute Gasteiger partial charge is 0.258 e. The van der Waals surface area contributed by atoms with E-state index in [4.69, 9.17) is 11.6 Å². The van der Waals surface area contributed by atoms with Crippen LogP contribution >= 0.6 is 11.6 Å². The van der Waals surface area contributed by atoms with E-state index >= 15 is 0 Å². The molecule has 3 N–H and O–H groups in total. The highest BCUT2D eigenvalue weighted by molar-refractivity contribution is 6.33. The number of aromatic amines is 1. The standard InChI is InChI=1S/C18H18ClN5O3/c19-11-5-1-2-6-12(11)20-16(26)10-9-13(25)21-15-14(10)17(27)23-18(22-15)24-7-3-4-8-24/h1-2,5-6,10H,3-4,7-9H2,(H,20,26)(H2,21,22,23,25,27). The van der Waals surface area contributed by atoms with Gasteiger partial charge in [0.25, 0.3) is 5.56 Å². The van der Waals surface area contributed by atoms with Gasteiger partial charge in [-0.25, -0.2) is 0 Å². The lowest BCUT2D eigenvalue weighted by molar-refractivity contribution is -0.123. The van der Waals surface area contributed by atoms with E-state index in [9.17, 15) is 14.4 Å². The normalized spacial score (nSPS) is 18.8. The molecule has 2 amide bonds. The molecule has 140 valence electrons. The van der Waals surface area contributed by atoms with Crippen molar-refractivity contribution in [3.8, 4) is 0 Å². The second-order valence-corrected chi connectivity index (χ2v) is 7.03. The number of H-pyrrole nitrogens is 1. The minimum absolute atomic E-state index is 0.128. The van der Waals surface area contributed by atoms with Crippen LogP contribution in [0.15, 0.2) is 29.1 Å². The average Bonchev–Trinajstić information content (AvgIpc) is 3.17. The second kappa shape index (κ2) is 7.03. The molecule has 0 saturated carbocycles. The number of carbonyl (C=O) groups excluding carboxylic acids is 2. The molecule has 0 radical (unpaired) electrons. The van der Waals surface area contributed by atoms with Gasteiger partial charge in [0, 0.05) is 19.5 Å². The number of hydrogen-bond acceptors (Lipinski definition) is 5. The molecule has 1 aromatic carbocycles. The molecule has 1 fully saturated rings. The number of fused-ring (bicyclic) bond motifs is 1. The summed E-state index contributed by atoms with van der Waals surface area (Å²) in [5, 5.41) is 5.70. The molecule has 2 aliphatic heterocycles. The first kappa shape index (κ1) is 17.5. The first-order valence-electron chi connectivity index (χ1n) is 8.77. The van der Waals surface area contributed by atoms with Crippen LogP contribution in [0.2, 0.25) is 5.02 Å². The Morgan fingerprint density at radius 3 is 2.70 bits per heavy atom. The van der Waals surface area contributed by atoms with E-state index in [-0.39, 0.29) is 23.7 Å². The molecule has 0 bridgehead atoms. The number of nitrogens with zero attached hydrogens (tertiary/aromatic N) is 2. The number of hydrogen-bond donors (Lipinski definition) is 3. The van der Waals surface area contributed by atoms with E-state index in [0.717, 1.165) is 25.9 Å². The van der Waals surface area contributed by atoms with Crippen LogP contribution in [0.3, 0.4) is 0 Å². The maximum absolute atomic E-state index is 12.8. The van der Waals surface area contributed by atoms with Crippen LogP contribution in [-0.2, 0) is 9.59 Å². The van der Waals surface area contributed by atoms with Crippen molar-refractivity contribution in [3.05, 3.63) is 45.2 Å². The molecule has 1 unspecified atom stereocenters. The molecule has 1 atom stereocenters. The third-order valence-electron chi connectivity index (χ3n) is 4.79. The van der Waals surface area contributed by atoms with Crippen LogP contribution in [0.1, 0.15) is 30.7 Å². The zero-order chi connectivity index (χ0) is 19.0. The Morgan fingerprint density at radius 1 is 1.22 bits per heavy atom. The van der Waals surface area contributed by atoms with Gasteiger partial charge in [-0.1, -0.05) is 23.7 Å². The Balaban J connectivity index is 1.68. The molecule has 1 saturated heterocycles. The molecule has 27 heavy (non-hydrogen) atoms. The van der Waals surface area contributed by atoms with Crippen LogP contribution in [-0.4, -0.2) is 34.9 Å². The van der Waals surface area contributed by atoms with Crippen molar-refractivity contribution in [2.24, 2.45) is 0 Å². The summed E-state index contributed by atoms with van der Waals surface area (Å²) in [6, 6.07) is 6.79. The summed E-state index contributed by atoms with van der Waals surface area (Å²) in [5.74, 6) is -1.19. The van der Waals surface area contributed by atoms with Gasteiger partial charge < -0.3 is 15.5 Å². The van der Waals surface area contributed by atoms with E-state index in [1.54, 1.807) is 24.3 Å². The number of benzene rings is 1. The number of para-hydroxylation sites is 1. The Bertz CT molecular complexity index is 968. The number of carbonyl (C=O) groups is 2. The number of aromatic nitrogens is 2. The monoisotopic (exact) mass is 387 g/mol. The summed E-state index contributed by atoms with van der Waals surface area (Å²) in [6.45, 7) is 1.60. The van der Waals surface area contributed by atoms with E-state index in [1.165, 1.54) is 0 Å². The second-order valence-electron chi connectivity index (χ2n) is 6.62. The molecule has 0 aliphatic carbocycles. The summed E-state index contributed by atoms with van der Waals surface area (Å²) >= 11 is 6.08. The Labute approximate surface area is 159 Å². The first-order chi connectivity index (χ1) is 13.0. The summed E-state index contributed by atoms with van der Waals surface area (Å²) in [7, 11) is 0. The molecule has 2 aromatic rings. The molecule has 2 aliphatic rings. The van der Waals surface area contributed by atoms with Gasteiger partial charge in [-0.15, -0.1) is 0 Å². The summed E-state index contributed by atoms with van der Waals surface area (Å²) in [6.07, 6.45) is 1.92. The van der Waals surface area contributed by atoms with Crippen molar-refractivity contribution in [1.29, 1.82) is 0 Å². The van der Waals surface area contributed by atoms with Crippen LogP contribution < -0.4 is 21.1 Å². The lowest BCUT2D eigenvalue weighted by Gasteiger charge is -2.25. The van der Waals surface area contributed by atoms with Gasteiger partial charge in [0.1, 0.15) is 5.82 Å². The van der Waals surface area contributed by atoms with E-state index in [2.05, 4.69) is 20.6 Å². The maximum Gasteiger partial charge on any atom is 0.258 e. The topological polar surface area (TPSA) is 107 Å². The van der Waals surface area contributed by atoms with Crippen molar-refractivity contribution >= 4 is 40.9 Å². The minimum atomic E-state index is -0.936. The number of amides is 2. The van der Waals surface area contributed by atoms with Crippen molar-refractivity contribution in [3.63, 3.8) is 0 Å². The van der Waals surface area contributed by atoms with Gasteiger partial charge in [0.05, 0.1) is 22.2 Å². The van der Waals surface area contributed by atoms with E-state index < -0.39 is 17.4 Å². The third kappa shape index (κ3) is 3.40. The third-order valence-corrected chi connectivity index (χ3v) is 5.12. The fourth-order valence-corrected chi connectivity index (χ4v) is 3.63. The number of halogens is 1. The van der Waals surface area contributed by atoms with Crippen molar-refractivity contribution in [2.75, 3.05) is 28.6 Å². The van der Waals surface area contributed by atoms with Gasteiger partial charge in [-0.05, 0) is 25.0 Å². The SMILES string of the molecule is O=C1CC(C(=O)Nc2ccccc2Cl)c2c(nc(N3CCCC3)[nH]c2=O)N1. The van der Waals surface area contributed by atoms with Crippen molar-refractivity contribution in [2.45, 2.75) is 25.2 Å². The van der Waals surface area contributed by atoms with Crippen molar-refractivity contribution < 1.29 is 9.59 Å². The van der Waals surface area contributed by atoms with Crippen LogP contribution in [0.25, 0.3) is 0 Å². The fraction of sp³-hybridized carbons (Fsp3) is 0.333. The lowest BCUT2D eigenvalue weighted by Crippen LogP contribution is -2.37. The zero-order valence-electron chi connectivity index (χ0n) is 14.4. The van der Waals surface area contributed by atoms with Crippen LogP contribution in [0.4, 0.5) is 17.5 Å². The quantitative estimate of drug-likeness (QED) is 0.747. The molecule has 9 heteroatoms. The highest BCUT2D eigenvalue weighted by atomic mass is 35.5. The minimum Gasteiger partial charge on any atom is -0.342 e. The largest absolute Gasteiger partial charge is 0.342 e. The fourth-order valence-electron chi connectivity index (χ4n) is 3.44. The molecule has 8 nitrogen and oxygen atoms in total. The van der Waals surface area contributed by atoms with E-state index in [1.807, 2.05) is 4.90 Å². The lowest BCUT2D eigenvalue weighted by atomic mass is 9.92. The highest BCUT2D eigenvalue weighted by Crippen LogP contribution is 2.31. The molecule has 0 spiro atoms. The molecule has 1 aromatic heterocycles. The van der Waals surface area contributed by atoms with Crippen molar-refractivity contribution in [1.82, 2.24) is 9.97 Å². The van der Waals surface area contributed by atoms with Crippen LogP contribution in [0, 0.1) is 0 Å². The zero-order valence-corrected chi connectivity index (χ0v) is 15.2. The maximum atomic E-state index is 12.8. The van der Waals surface area contributed by atoms with Gasteiger partial charge in [-0.2, -0.15) is 4.98 Å². The van der Waals surface area contributed by atoms with Gasteiger partial charge in [0.2, 0.25) is 17.8 Å². The number of anilines is 3. The van der Waals surface area contributed by atoms with Crippen LogP contribution in [0.5, 0.6) is 0 Å². The Kier molecular flexibility index (Phi) is 4.57. The Morgan fingerprint density at radius 2 is 1.96 bits per heavy atom. The summed E-state index contributed by atoms with van der Waals surface area (Å²) in [4.78, 5) is 46.7. The predicted molar refractivity (Wildman–Crippen MR) is 102 cm³/mol. The van der Waals surface area contributed by atoms with Gasteiger partial charge >= 0.3 is 0 Å². The molecule has 3 heterocycles. The van der Waals surface area contributed by atoms with E-state index in [0.29, 0.717) is 16.7 Å². The van der Waals surface area contributed by atoms with Gasteiger partial charge in [-0.3, -0.25) is 19.4 Å². The number of nitrogens with one attached hydrogen (secondary N) is 3. The predicted octanol–water partition coefficient (Wildman–Crippen LogP) is 2.09. The molecular weight excluding hydrogens is 370 g/mol. The van der Waals surface area contributed by atoms with Gasteiger partial charge in [0.15, 0.2) is 0 Å². The molecule has 4 rings (SSSR count). The summed E-state index contributed by atoms with van der Waals surface area (Å²) < 4.78 is 0.